The first-order valence-corrected chi connectivity index (χ1v) is 6.76. The first-order valence-electron chi connectivity index (χ1n) is 4.98. The number of halogens is 1. The van der Waals surface area contributed by atoms with E-state index >= 15 is 0 Å². The van der Waals surface area contributed by atoms with E-state index in [1.54, 1.807) is 0 Å². The summed E-state index contributed by atoms with van der Waals surface area (Å²) in [6.07, 6.45) is 0. The molecule has 0 radical (unpaired) electrons. The minimum Gasteiger partial charge on any atom is -0.271 e. The van der Waals surface area contributed by atoms with Crippen molar-refractivity contribution in [2.24, 2.45) is 11.8 Å². The fourth-order valence-corrected chi connectivity index (χ4v) is 2.60. The molecule has 1 aromatic rings. The van der Waals surface area contributed by atoms with Crippen molar-refractivity contribution in [1.82, 2.24) is 5.43 Å². The number of thioether (sulfide) groups is 1. The van der Waals surface area contributed by atoms with E-state index in [2.05, 4.69) is 59.5 Å². The average Bonchev–Trinajstić information content (AvgIpc) is 2.21. The fraction of sp³-hybridized carbons (Fsp3) is 0.455. The lowest BCUT2D eigenvalue weighted by atomic mass is 10.1. The van der Waals surface area contributed by atoms with Gasteiger partial charge in [0, 0.05) is 21.2 Å². The maximum absolute atomic E-state index is 5.49. The number of hydrogen-bond donors (Lipinski definition) is 2. The monoisotopic (exact) mass is 288 g/mol. The largest absolute Gasteiger partial charge is 0.271 e. The minimum absolute atomic E-state index is 0.360. The van der Waals surface area contributed by atoms with E-state index in [1.165, 1.54) is 4.90 Å². The molecule has 84 valence electrons. The van der Waals surface area contributed by atoms with Crippen LogP contribution in [0.15, 0.2) is 33.6 Å². The number of nitrogens with one attached hydrogen (secondary N) is 1. The quantitative estimate of drug-likeness (QED) is 0.497. The molecule has 0 fully saturated rings. The van der Waals surface area contributed by atoms with Crippen molar-refractivity contribution in [1.29, 1.82) is 0 Å². The van der Waals surface area contributed by atoms with Gasteiger partial charge in [-0.1, -0.05) is 29.8 Å². The molecule has 0 amide bonds. The third-order valence-corrected chi connectivity index (χ3v) is 3.92. The first-order chi connectivity index (χ1) is 7.13. The summed E-state index contributed by atoms with van der Waals surface area (Å²) >= 11 is 5.25. The Kier molecular flexibility index (Phi) is 5.68. The van der Waals surface area contributed by atoms with Gasteiger partial charge in [0.15, 0.2) is 0 Å². The van der Waals surface area contributed by atoms with E-state index in [-0.39, 0.29) is 0 Å². The Morgan fingerprint density at radius 1 is 1.33 bits per heavy atom. The zero-order chi connectivity index (χ0) is 11.3. The van der Waals surface area contributed by atoms with Crippen molar-refractivity contribution in [3.8, 4) is 0 Å². The molecule has 15 heavy (non-hydrogen) atoms. The fourth-order valence-electron chi connectivity index (χ4n) is 1.15. The molecule has 0 spiro atoms. The summed E-state index contributed by atoms with van der Waals surface area (Å²) in [4.78, 5) is 1.28. The van der Waals surface area contributed by atoms with Crippen LogP contribution >= 0.6 is 27.7 Å². The highest BCUT2D eigenvalue weighted by Gasteiger charge is 2.11. The van der Waals surface area contributed by atoms with Crippen molar-refractivity contribution >= 4 is 27.7 Å². The molecule has 2 nitrogen and oxygen atoms in total. The molecule has 0 bridgehead atoms. The minimum atomic E-state index is 0.360. The van der Waals surface area contributed by atoms with Crippen LogP contribution < -0.4 is 11.3 Å². The molecular weight excluding hydrogens is 272 g/mol. The van der Waals surface area contributed by atoms with Gasteiger partial charge >= 0.3 is 0 Å². The Morgan fingerprint density at radius 3 is 2.40 bits per heavy atom. The zero-order valence-corrected chi connectivity index (χ0v) is 11.4. The molecule has 0 aliphatic rings. The van der Waals surface area contributed by atoms with Gasteiger partial charge in [0.05, 0.1) is 0 Å². The van der Waals surface area contributed by atoms with E-state index < -0.39 is 0 Å². The summed E-state index contributed by atoms with van der Waals surface area (Å²) in [5.41, 5.74) is 2.85. The van der Waals surface area contributed by atoms with Crippen LogP contribution in [-0.2, 0) is 0 Å². The van der Waals surface area contributed by atoms with E-state index in [9.17, 15) is 0 Å². The van der Waals surface area contributed by atoms with Crippen LogP contribution in [0.4, 0.5) is 0 Å². The molecule has 0 saturated carbocycles. The molecule has 1 aromatic carbocycles. The van der Waals surface area contributed by atoms with Crippen molar-refractivity contribution in [3.63, 3.8) is 0 Å². The highest BCUT2D eigenvalue weighted by atomic mass is 79.9. The molecule has 0 aliphatic heterocycles. The van der Waals surface area contributed by atoms with Crippen LogP contribution in [0, 0.1) is 5.92 Å². The normalized spacial score (nSPS) is 13.1. The van der Waals surface area contributed by atoms with Crippen LogP contribution in [-0.4, -0.2) is 11.8 Å². The number of nitrogens with two attached hydrogens (primary N) is 1. The average molecular weight is 289 g/mol. The maximum atomic E-state index is 5.49. The van der Waals surface area contributed by atoms with Gasteiger partial charge in [-0.25, -0.2) is 0 Å². The van der Waals surface area contributed by atoms with Gasteiger partial charge in [0.25, 0.3) is 0 Å². The van der Waals surface area contributed by atoms with Gasteiger partial charge in [0.1, 0.15) is 0 Å². The smallest absolute Gasteiger partial charge is 0.0327 e. The SMILES string of the molecule is CC(C)C(CSc1ccc(Br)cc1)NN. The molecule has 1 atom stereocenters. The van der Waals surface area contributed by atoms with Crippen LogP contribution in [0.3, 0.4) is 0 Å². The van der Waals surface area contributed by atoms with Gasteiger partial charge in [-0.3, -0.25) is 11.3 Å². The molecule has 1 unspecified atom stereocenters. The molecule has 0 saturated heterocycles. The highest BCUT2D eigenvalue weighted by Crippen LogP contribution is 2.22. The lowest BCUT2D eigenvalue weighted by molar-refractivity contribution is 0.443. The van der Waals surface area contributed by atoms with Gasteiger partial charge in [0.2, 0.25) is 0 Å². The van der Waals surface area contributed by atoms with Crippen LogP contribution in [0.2, 0.25) is 0 Å². The number of hydrogen-bond acceptors (Lipinski definition) is 3. The zero-order valence-electron chi connectivity index (χ0n) is 9.03. The predicted molar refractivity (Wildman–Crippen MR) is 70.8 cm³/mol. The van der Waals surface area contributed by atoms with Crippen molar-refractivity contribution in [2.45, 2.75) is 24.8 Å². The van der Waals surface area contributed by atoms with Crippen LogP contribution in [0.1, 0.15) is 13.8 Å². The number of rotatable bonds is 5. The Balaban J connectivity index is 2.45. The summed E-state index contributed by atoms with van der Waals surface area (Å²) in [7, 11) is 0. The molecular formula is C11H17BrN2S. The predicted octanol–water partition coefficient (Wildman–Crippen LogP) is 3.03. The van der Waals surface area contributed by atoms with Gasteiger partial charge in [-0.15, -0.1) is 11.8 Å². The van der Waals surface area contributed by atoms with E-state index in [1.807, 2.05) is 11.8 Å². The maximum Gasteiger partial charge on any atom is 0.0327 e. The van der Waals surface area contributed by atoms with Crippen molar-refractivity contribution in [2.75, 3.05) is 5.75 Å². The summed E-state index contributed by atoms with van der Waals surface area (Å²) < 4.78 is 1.12. The summed E-state index contributed by atoms with van der Waals surface area (Å²) in [6, 6.07) is 8.70. The summed E-state index contributed by atoms with van der Waals surface area (Å²) in [5, 5.41) is 0. The van der Waals surface area contributed by atoms with Crippen LogP contribution in [0.25, 0.3) is 0 Å². The number of benzene rings is 1. The lowest BCUT2D eigenvalue weighted by Gasteiger charge is -2.19. The second-order valence-corrected chi connectivity index (χ2v) is 5.79. The Labute approximate surface area is 104 Å². The van der Waals surface area contributed by atoms with E-state index in [0.29, 0.717) is 12.0 Å². The summed E-state index contributed by atoms with van der Waals surface area (Å²) in [6.45, 7) is 4.35. The third kappa shape index (κ3) is 4.55. The summed E-state index contributed by atoms with van der Waals surface area (Å²) in [5.74, 6) is 7.04. The Hall–Kier alpha value is -0.0300. The van der Waals surface area contributed by atoms with E-state index in [0.717, 1.165) is 10.2 Å². The molecule has 3 N–H and O–H groups in total. The highest BCUT2D eigenvalue weighted by molar-refractivity contribution is 9.10. The standard InChI is InChI=1S/C11H17BrN2S/c1-8(2)11(14-13)7-15-10-5-3-9(12)4-6-10/h3-6,8,11,14H,7,13H2,1-2H3. The molecule has 0 aliphatic carbocycles. The van der Waals surface area contributed by atoms with Gasteiger partial charge < -0.3 is 0 Å². The van der Waals surface area contributed by atoms with Crippen molar-refractivity contribution in [3.05, 3.63) is 28.7 Å². The Bertz CT molecular complexity index is 287. The molecule has 0 aromatic heterocycles. The number of hydrazine groups is 1. The topological polar surface area (TPSA) is 38.0 Å². The van der Waals surface area contributed by atoms with Crippen molar-refractivity contribution < 1.29 is 0 Å². The molecule has 1 rings (SSSR count). The van der Waals surface area contributed by atoms with Gasteiger partial charge in [-0.05, 0) is 30.2 Å². The van der Waals surface area contributed by atoms with Gasteiger partial charge in [-0.2, -0.15) is 0 Å². The first kappa shape index (κ1) is 13.0. The molecule has 0 heterocycles. The van der Waals surface area contributed by atoms with Crippen LogP contribution in [0.5, 0.6) is 0 Å². The molecule has 4 heteroatoms. The van der Waals surface area contributed by atoms with E-state index in [4.69, 9.17) is 5.84 Å². The lowest BCUT2D eigenvalue weighted by Crippen LogP contribution is -2.40. The Morgan fingerprint density at radius 2 is 1.93 bits per heavy atom. The third-order valence-electron chi connectivity index (χ3n) is 2.26. The second kappa shape index (κ2) is 6.53. The second-order valence-electron chi connectivity index (χ2n) is 3.78.